The fraction of sp³-hybridized carbons (Fsp3) is 0.909. The highest BCUT2D eigenvalue weighted by molar-refractivity contribution is 5.66. The summed E-state index contributed by atoms with van der Waals surface area (Å²) in [6.07, 6.45) is 2.70. The van der Waals surface area contributed by atoms with Crippen molar-refractivity contribution in [3.63, 3.8) is 0 Å². The van der Waals surface area contributed by atoms with Gasteiger partial charge in [-0.2, -0.15) is 0 Å². The number of carboxylic acid groups (broad SMARTS) is 1. The number of hydrogen-bond acceptors (Lipinski definition) is 4. The molecule has 2 atom stereocenters. The van der Waals surface area contributed by atoms with Gasteiger partial charge in [-0.3, -0.25) is 4.79 Å². The predicted octanol–water partition coefficient (Wildman–Crippen LogP) is 0.622. The second-order valence-corrected chi connectivity index (χ2v) is 4.11. The van der Waals surface area contributed by atoms with Gasteiger partial charge in [-0.05, 0) is 31.7 Å². The Hall–Kier alpha value is -0.650. The average Bonchev–Trinajstić information content (AvgIpc) is 2.29. The maximum Gasteiger partial charge on any atom is 0.303 e. The number of aliphatic carboxylic acids is 1. The molecule has 0 aromatic rings. The third-order valence-corrected chi connectivity index (χ3v) is 2.87. The van der Waals surface area contributed by atoms with Crippen molar-refractivity contribution in [1.82, 2.24) is 0 Å². The van der Waals surface area contributed by atoms with E-state index in [1.54, 1.807) is 0 Å². The zero-order chi connectivity index (χ0) is 11.8. The Morgan fingerprint density at radius 2 is 2.25 bits per heavy atom. The second-order valence-electron chi connectivity index (χ2n) is 4.11. The van der Waals surface area contributed by atoms with E-state index in [2.05, 4.69) is 0 Å². The topological polar surface area (TPSA) is 81.8 Å². The van der Waals surface area contributed by atoms with E-state index >= 15 is 0 Å². The molecule has 5 nitrogen and oxygen atoms in total. The third-order valence-electron chi connectivity index (χ3n) is 2.87. The van der Waals surface area contributed by atoms with Gasteiger partial charge >= 0.3 is 5.97 Å². The SMILES string of the molecule is NCCC(CCCC(=O)O)C1COCCO1. The summed E-state index contributed by atoms with van der Waals surface area (Å²) in [5, 5.41) is 8.59. The largest absolute Gasteiger partial charge is 0.481 e. The van der Waals surface area contributed by atoms with Crippen LogP contribution in [-0.4, -0.2) is 43.5 Å². The average molecular weight is 231 g/mol. The summed E-state index contributed by atoms with van der Waals surface area (Å²) in [7, 11) is 0. The lowest BCUT2D eigenvalue weighted by Crippen LogP contribution is -2.36. The van der Waals surface area contributed by atoms with Gasteiger partial charge in [0.05, 0.1) is 25.9 Å². The molecular weight excluding hydrogens is 210 g/mol. The first-order valence-corrected chi connectivity index (χ1v) is 5.85. The first-order chi connectivity index (χ1) is 7.74. The van der Waals surface area contributed by atoms with Crippen molar-refractivity contribution in [2.45, 2.75) is 31.8 Å². The molecule has 0 radical (unpaired) electrons. The summed E-state index contributed by atoms with van der Waals surface area (Å²) in [6.45, 7) is 2.50. The molecule has 5 heteroatoms. The highest BCUT2D eigenvalue weighted by Gasteiger charge is 2.24. The van der Waals surface area contributed by atoms with Crippen LogP contribution in [0.2, 0.25) is 0 Å². The molecule has 1 rings (SSSR count). The smallest absolute Gasteiger partial charge is 0.303 e. The molecule has 0 aromatic carbocycles. The van der Waals surface area contributed by atoms with Gasteiger partial charge in [0.1, 0.15) is 0 Å². The van der Waals surface area contributed by atoms with E-state index in [0.717, 1.165) is 12.8 Å². The quantitative estimate of drug-likeness (QED) is 0.671. The first kappa shape index (κ1) is 13.4. The van der Waals surface area contributed by atoms with Crippen LogP contribution in [0, 0.1) is 5.92 Å². The van der Waals surface area contributed by atoms with E-state index in [9.17, 15) is 4.79 Å². The molecule has 0 amide bonds. The summed E-state index contributed by atoms with van der Waals surface area (Å²) in [5.74, 6) is -0.419. The zero-order valence-electron chi connectivity index (χ0n) is 9.56. The maximum absolute atomic E-state index is 10.4. The molecule has 2 unspecified atom stereocenters. The van der Waals surface area contributed by atoms with Gasteiger partial charge < -0.3 is 20.3 Å². The molecular formula is C11H21NO4. The van der Waals surface area contributed by atoms with Crippen molar-refractivity contribution in [1.29, 1.82) is 0 Å². The standard InChI is InChI=1S/C11H21NO4/c12-5-4-9(2-1-3-11(13)14)10-8-15-6-7-16-10/h9-10H,1-8,12H2,(H,13,14). The molecule has 3 N–H and O–H groups in total. The lowest BCUT2D eigenvalue weighted by Gasteiger charge is -2.30. The van der Waals surface area contributed by atoms with Gasteiger partial charge in [0.2, 0.25) is 0 Å². The van der Waals surface area contributed by atoms with Gasteiger partial charge in [-0.25, -0.2) is 0 Å². The number of nitrogens with two attached hydrogens (primary N) is 1. The van der Waals surface area contributed by atoms with Crippen LogP contribution < -0.4 is 5.73 Å². The fourth-order valence-electron chi connectivity index (χ4n) is 2.02. The van der Waals surface area contributed by atoms with Gasteiger partial charge in [-0.1, -0.05) is 0 Å². The highest BCUT2D eigenvalue weighted by Crippen LogP contribution is 2.21. The number of ether oxygens (including phenoxy) is 2. The van der Waals surface area contributed by atoms with Crippen LogP contribution in [-0.2, 0) is 14.3 Å². The number of carbonyl (C=O) groups is 1. The van der Waals surface area contributed by atoms with Gasteiger partial charge in [0.15, 0.2) is 0 Å². The van der Waals surface area contributed by atoms with Crippen molar-refractivity contribution in [2.24, 2.45) is 11.7 Å². The predicted molar refractivity (Wildman–Crippen MR) is 59.2 cm³/mol. The van der Waals surface area contributed by atoms with Gasteiger partial charge in [0.25, 0.3) is 0 Å². The Balaban J connectivity index is 2.30. The van der Waals surface area contributed by atoms with E-state index in [-0.39, 0.29) is 12.5 Å². The van der Waals surface area contributed by atoms with Crippen molar-refractivity contribution >= 4 is 5.97 Å². The molecule has 0 aliphatic carbocycles. The van der Waals surface area contributed by atoms with Crippen LogP contribution in [0.5, 0.6) is 0 Å². The minimum atomic E-state index is -0.743. The maximum atomic E-state index is 10.4. The molecule has 1 aliphatic rings. The Morgan fingerprint density at radius 1 is 1.44 bits per heavy atom. The number of hydrogen-bond donors (Lipinski definition) is 2. The van der Waals surface area contributed by atoms with Gasteiger partial charge in [0, 0.05) is 6.42 Å². The normalized spacial score (nSPS) is 22.9. The molecule has 0 spiro atoms. The minimum absolute atomic E-state index is 0.0890. The Morgan fingerprint density at radius 3 is 2.81 bits per heavy atom. The van der Waals surface area contributed by atoms with Crippen molar-refractivity contribution in [3.05, 3.63) is 0 Å². The van der Waals surface area contributed by atoms with Crippen LogP contribution in [0.15, 0.2) is 0 Å². The van der Waals surface area contributed by atoms with Crippen LogP contribution in [0.1, 0.15) is 25.7 Å². The monoisotopic (exact) mass is 231 g/mol. The Kier molecular flexibility index (Phi) is 6.37. The van der Waals surface area contributed by atoms with Crippen molar-refractivity contribution in [3.8, 4) is 0 Å². The van der Waals surface area contributed by atoms with Crippen LogP contribution in [0.4, 0.5) is 0 Å². The molecule has 1 heterocycles. The minimum Gasteiger partial charge on any atom is -0.481 e. The van der Waals surface area contributed by atoms with E-state index in [1.165, 1.54) is 0 Å². The first-order valence-electron chi connectivity index (χ1n) is 5.85. The van der Waals surface area contributed by atoms with E-state index in [0.29, 0.717) is 38.7 Å². The summed E-state index contributed by atoms with van der Waals surface area (Å²) in [6, 6.07) is 0. The number of carboxylic acids is 1. The molecule has 1 aliphatic heterocycles. The summed E-state index contributed by atoms with van der Waals surface area (Å²) in [4.78, 5) is 10.4. The zero-order valence-corrected chi connectivity index (χ0v) is 9.56. The van der Waals surface area contributed by atoms with Crippen LogP contribution in [0.25, 0.3) is 0 Å². The lowest BCUT2D eigenvalue weighted by atomic mass is 9.92. The van der Waals surface area contributed by atoms with E-state index in [4.69, 9.17) is 20.3 Å². The molecule has 1 fully saturated rings. The third kappa shape index (κ3) is 4.92. The van der Waals surface area contributed by atoms with Crippen molar-refractivity contribution < 1.29 is 19.4 Å². The number of rotatable bonds is 7. The Labute approximate surface area is 95.9 Å². The molecule has 1 saturated heterocycles. The summed E-state index contributed by atoms with van der Waals surface area (Å²) < 4.78 is 11.0. The molecule has 0 bridgehead atoms. The molecule has 94 valence electrons. The van der Waals surface area contributed by atoms with Crippen LogP contribution >= 0.6 is 0 Å². The summed E-state index contributed by atoms with van der Waals surface area (Å²) in [5.41, 5.74) is 5.55. The van der Waals surface area contributed by atoms with E-state index in [1.807, 2.05) is 0 Å². The molecule has 0 aromatic heterocycles. The summed E-state index contributed by atoms with van der Waals surface area (Å²) >= 11 is 0. The van der Waals surface area contributed by atoms with Crippen molar-refractivity contribution in [2.75, 3.05) is 26.4 Å². The van der Waals surface area contributed by atoms with E-state index < -0.39 is 5.97 Å². The highest BCUT2D eigenvalue weighted by atomic mass is 16.6. The second kappa shape index (κ2) is 7.60. The molecule has 16 heavy (non-hydrogen) atoms. The van der Waals surface area contributed by atoms with Crippen LogP contribution in [0.3, 0.4) is 0 Å². The lowest BCUT2D eigenvalue weighted by molar-refractivity contribution is -0.137. The molecule has 0 saturated carbocycles. The van der Waals surface area contributed by atoms with Gasteiger partial charge in [-0.15, -0.1) is 0 Å². The fourth-order valence-corrected chi connectivity index (χ4v) is 2.02. The Bertz CT molecular complexity index is 204.